The van der Waals surface area contributed by atoms with Gasteiger partial charge in [0.2, 0.25) is 0 Å². The number of hydrogen-bond donors (Lipinski definition) is 3. The lowest BCUT2D eigenvalue weighted by molar-refractivity contribution is 0.0696. The Morgan fingerprint density at radius 3 is 2.64 bits per heavy atom. The fourth-order valence-corrected chi connectivity index (χ4v) is 1.06. The first-order chi connectivity index (χ1) is 6.56. The molecule has 0 unspecified atom stereocenters. The molecule has 0 amide bonds. The quantitative estimate of drug-likeness (QED) is 0.662. The minimum Gasteiger partial charge on any atom is -0.478 e. The molecule has 14 heavy (non-hydrogen) atoms. The second-order valence-corrected chi connectivity index (χ2v) is 2.83. The van der Waals surface area contributed by atoms with Crippen LogP contribution in [0.5, 0.6) is 0 Å². The molecule has 4 nitrogen and oxygen atoms in total. The number of nitrogens with two attached hydrogens (primary N) is 1. The summed E-state index contributed by atoms with van der Waals surface area (Å²) in [5.74, 6) is -1.92. The molecular weight excluding hydrogens is 189 g/mol. The topological polar surface area (TPSA) is 83.5 Å². The number of aliphatic hydroxyl groups is 1. The molecule has 1 aromatic rings. The summed E-state index contributed by atoms with van der Waals surface area (Å²) >= 11 is 0. The lowest BCUT2D eigenvalue weighted by Gasteiger charge is -2.09. The summed E-state index contributed by atoms with van der Waals surface area (Å²) < 4.78 is 13.2. The second-order valence-electron chi connectivity index (χ2n) is 2.83. The fourth-order valence-electron chi connectivity index (χ4n) is 1.06. The molecular formula is C9H10FNO3. The molecule has 0 saturated carbocycles. The summed E-state index contributed by atoms with van der Waals surface area (Å²) in [6.45, 7) is -0.386. The van der Waals surface area contributed by atoms with Crippen LogP contribution < -0.4 is 5.73 Å². The van der Waals surface area contributed by atoms with Crippen molar-refractivity contribution in [1.82, 2.24) is 0 Å². The van der Waals surface area contributed by atoms with Crippen molar-refractivity contribution >= 4 is 5.97 Å². The van der Waals surface area contributed by atoms with Crippen molar-refractivity contribution in [2.24, 2.45) is 5.73 Å². The summed E-state index contributed by atoms with van der Waals surface area (Å²) in [6.07, 6.45) is 0. The van der Waals surface area contributed by atoms with Crippen LogP contribution in [-0.2, 0) is 0 Å². The Morgan fingerprint density at radius 2 is 2.21 bits per heavy atom. The number of aromatic carboxylic acids is 1. The number of carboxylic acid groups (broad SMARTS) is 1. The molecule has 0 radical (unpaired) electrons. The standard InChI is InChI=1S/C9H10FNO3/c10-7-3-5(9(13)14)1-2-6(7)8(11)4-12/h1-3,8,12H,4,11H2,(H,13,14)/t8-/m0/s1. The molecule has 1 atom stereocenters. The van der Waals surface area contributed by atoms with E-state index in [1.807, 2.05) is 0 Å². The Hall–Kier alpha value is -1.46. The van der Waals surface area contributed by atoms with Gasteiger partial charge in [0.15, 0.2) is 0 Å². The predicted molar refractivity (Wildman–Crippen MR) is 47.4 cm³/mol. The summed E-state index contributed by atoms with van der Waals surface area (Å²) in [5.41, 5.74) is 5.35. The van der Waals surface area contributed by atoms with Gasteiger partial charge in [0.1, 0.15) is 5.82 Å². The van der Waals surface area contributed by atoms with Gasteiger partial charge in [-0.05, 0) is 12.1 Å². The molecule has 0 fully saturated rings. The van der Waals surface area contributed by atoms with Crippen LogP contribution in [0.15, 0.2) is 18.2 Å². The van der Waals surface area contributed by atoms with E-state index in [0.29, 0.717) is 0 Å². The first-order valence-corrected chi connectivity index (χ1v) is 3.95. The number of hydrogen-bond acceptors (Lipinski definition) is 3. The number of rotatable bonds is 3. The van der Waals surface area contributed by atoms with Crippen molar-refractivity contribution < 1.29 is 19.4 Å². The average molecular weight is 199 g/mol. The first-order valence-electron chi connectivity index (χ1n) is 3.95. The monoisotopic (exact) mass is 199 g/mol. The lowest BCUT2D eigenvalue weighted by atomic mass is 10.1. The molecule has 0 aromatic heterocycles. The van der Waals surface area contributed by atoms with Crippen molar-refractivity contribution in [2.75, 3.05) is 6.61 Å². The van der Waals surface area contributed by atoms with Gasteiger partial charge in [-0.25, -0.2) is 9.18 Å². The van der Waals surface area contributed by atoms with Crippen LogP contribution in [0.25, 0.3) is 0 Å². The number of benzene rings is 1. The molecule has 0 spiro atoms. The van der Waals surface area contributed by atoms with Gasteiger partial charge in [-0.2, -0.15) is 0 Å². The molecule has 0 saturated heterocycles. The van der Waals surface area contributed by atoms with E-state index in [1.54, 1.807) is 0 Å². The highest BCUT2D eigenvalue weighted by molar-refractivity contribution is 5.87. The Morgan fingerprint density at radius 1 is 1.57 bits per heavy atom. The predicted octanol–water partition coefficient (Wildman–Crippen LogP) is 0.516. The SMILES string of the molecule is N[C@@H](CO)c1ccc(C(=O)O)cc1F. The summed E-state index contributed by atoms with van der Waals surface area (Å²) in [5, 5.41) is 17.2. The van der Waals surface area contributed by atoms with Gasteiger partial charge in [0, 0.05) is 5.56 Å². The maximum Gasteiger partial charge on any atom is 0.335 e. The third-order valence-corrected chi connectivity index (χ3v) is 1.84. The van der Waals surface area contributed by atoms with Crippen LogP contribution in [0.4, 0.5) is 4.39 Å². The normalized spacial score (nSPS) is 12.5. The molecule has 0 aliphatic carbocycles. The van der Waals surface area contributed by atoms with Crippen molar-refractivity contribution in [1.29, 1.82) is 0 Å². The largest absolute Gasteiger partial charge is 0.478 e. The Balaban J connectivity index is 3.07. The third-order valence-electron chi connectivity index (χ3n) is 1.84. The van der Waals surface area contributed by atoms with Gasteiger partial charge in [0.25, 0.3) is 0 Å². The van der Waals surface area contributed by atoms with Crippen LogP contribution in [0.2, 0.25) is 0 Å². The molecule has 0 bridgehead atoms. The Bertz CT molecular complexity index is 354. The highest BCUT2D eigenvalue weighted by atomic mass is 19.1. The maximum absolute atomic E-state index is 13.2. The molecule has 0 aliphatic rings. The summed E-state index contributed by atoms with van der Waals surface area (Å²) in [4.78, 5) is 10.5. The average Bonchev–Trinajstić information content (AvgIpc) is 2.16. The number of halogens is 1. The van der Waals surface area contributed by atoms with Crippen molar-refractivity contribution in [3.05, 3.63) is 35.1 Å². The Labute approximate surface area is 79.8 Å². The van der Waals surface area contributed by atoms with Crippen LogP contribution in [0.1, 0.15) is 22.0 Å². The van der Waals surface area contributed by atoms with Gasteiger partial charge in [-0.1, -0.05) is 6.07 Å². The van der Waals surface area contributed by atoms with E-state index in [-0.39, 0.29) is 17.7 Å². The van der Waals surface area contributed by atoms with E-state index < -0.39 is 17.8 Å². The van der Waals surface area contributed by atoms with Gasteiger partial charge >= 0.3 is 5.97 Å². The summed E-state index contributed by atoms with van der Waals surface area (Å²) in [6, 6.07) is 2.57. The van der Waals surface area contributed by atoms with E-state index in [2.05, 4.69) is 0 Å². The van der Waals surface area contributed by atoms with Gasteiger partial charge in [-0.3, -0.25) is 0 Å². The van der Waals surface area contributed by atoms with Crippen LogP contribution in [0.3, 0.4) is 0 Å². The third kappa shape index (κ3) is 2.07. The minimum absolute atomic E-state index is 0.109. The molecule has 0 aliphatic heterocycles. The van der Waals surface area contributed by atoms with E-state index in [9.17, 15) is 9.18 Å². The second kappa shape index (κ2) is 4.17. The van der Waals surface area contributed by atoms with E-state index in [1.165, 1.54) is 12.1 Å². The zero-order valence-electron chi connectivity index (χ0n) is 7.27. The van der Waals surface area contributed by atoms with Crippen LogP contribution >= 0.6 is 0 Å². The molecule has 5 heteroatoms. The maximum atomic E-state index is 13.2. The van der Waals surface area contributed by atoms with Crippen LogP contribution in [0, 0.1) is 5.82 Å². The number of carbonyl (C=O) groups is 1. The van der Waals surface area contributed by atoms with Crippen molar-refractivity contribution in [3.8, 4) is 0 Å². The van der Waals surface area contributed by atoms with E-state index in [0.717, 1.165) is 6.07 Å². The summed E-state index contributed by atoms with van der Waals surface area (Å²) in [7, 11) is 0. The highest BCUT2D eigenvalue weighted by Crippen LogP contribution is 2.16. The van der Waals surface area contributed by atoms with E-state index in [4.69, 9.17) is 15.9 Å². The first kappa shape index (κ1) is 10.6. The zero-order valence-corrected chi connectivity index (χ0v) is 7.27. The lowest BCUT2D eigenvalue weighted by Crippen LogP contribution is -2.16. The fraction of sp³-hybridized carbons (Fsp3) is 0.222. The van der Waals surface area contributed by atoms with Crippen molar-refractivity contribution in [3.63, 3.8) is 0 Å². The van der Waals surface area contributed by atoms with E-state index >= 15 is 0 Å². The van der Waals surface area contributed by atoms with Crippen LogP contribution in [-0.4, -0.2) is 22.8 Å². The Kier molecular flexibility index (Phi) is 3.16. The highest BCUT2D eigenvalue weighted by Gasteiger charge is 2.12. The van der Waals surface area contributed by atoms with Gasteiger partial charge < -0.3 is 15.9 Å². The molecule has 0 heterocycles. The molecule has 1 aromatic carbocycles. The number of aliphatic hydroxyl groups excluding tert-OH is 1. The zero-order chi connectivity index (χ0) is 10.7. The molecule has 1 rings (SSSR count). The molecule has 76 valence electrons. The van der Waals surface area contributed by atoms with Gasteiger partial charge in [0.05, 0.1) is 18.2 Å². The molecule has 4 N–H and O–H groups in total. The van der Waals surface area contributed by atoms with Crippen molar-refractivity contribution in [2.45, 2.75) is 6.04 Å². The minimum atomic E-state index is -1.20. The smallest absolute Gasteiger partial charge is 0.335 e. The van der Waals surface area contributed by atoms with Gasteiger partial charge in [-0.15, -0.1) is 0 Å². The number of carboxylic acids is 1.